The van der Waals surface area contributed by atoms with Crippen LogP contribution in [0.4, 0.5) is 5.69 Å². The molecule has 3 nitrogen and oxygen atoms in total. The number of hydrogen-bond acceptors (Lipinski definition) is 1. The minimum Gasteiger partial charge on any atom is -0.330 e. The van der Waals surface area contributed by atoms with Gasteiger partial charge in [0.05, 0.1) is 10.7 Å². The Morgan fingerprint density at radius 1 is 1.05 bits per heavy atom. The number of amides is 1. The van der Waals surface area contributed by atoms with Gasteiger partial charge in [0.2, 0.25) is 0 Å². The van der Waals surface area contributed by atoms with Crippen LogP contribution in [0.5, 0.6) is 0 Å². The summed E-state index contributed by atoms with van der Waals surface area (Å²) < 4.78 is 0. The van der Waals surface area contributed by atoms with Crippen molar-refractivity contribution in [2.45, 2.75) is 25.9 Å². The molecule has 21 heavy (non-hydrogen) atoms. The minimum absolute atomic E-state index is 0.0501. The Balaban J connectivity index is 1.95. The summed E-state index contributed by atoms with van der Waals surface area (Å²) in [5, 5.41) is 5.46. The van der Waals surface area contributed by atoms with Gasteiger partial charge in [0, 0.05) is 5.56 Å². The monoisotopic (exact) mass is 303 g/mol. The maximum Gasteiger partial charge on any atom is 0.282 e. The Morgan fingerprint density at radius 3 is 2.33 bits per heavy atom. The highest BCUT2D eigenvalue weighted by atomic mass is 35.5. The molecule has 2 atom stereocenters. The van der Waals surface area contributed by atoms with Crippen molar-refractivity contribution in [3.63, 3.8) is 0 Å². The van der Waals surface area contributed by atoms with Crippen molar-refractivity contribution in [3.05, 3.63) is 65.2 Å². The number of anilines is 1. The van der Waals surface area contributed by atoms with Crippen LogP contribution < -0.4 is 10.6 Å². The summed E-state index contributed by atoms with van der Waals surface area (Å²) in [5.41, 5.74) is 1.85. The van der Waals surface area contributed by atoms with Crippen LogP contribution in [0.25, 0.3) is 0 Å². The number of benzene rings is 2. The molecule has 0 fully saturated rings. The lowest BCUT2D eigenvalue weighted by Crippen LogP contribution is -2.91. The smallest absolute Gasteiger partial charge is 0.282 e. The molecule has 0 aliphatic carbocycles. The van der Waals surface area contributed by atoms with Crippen molar-refractivity contribution in [3.8, 4) is 0 Å². The molecule has 0 saturated heterocycles. The Labute approximate surface area is 130 Å². The van der Waals surface area contributed by atoms with Gasteiger partial charge in [-0.25, -0.2) is 0 Å². The average Bonchev–Trinajstić information content (AvgIpc) is 2.50. The number of quaternary nitrogens is 1. The summed E-state index contributed by atoms with van der Waals surface area (Å²) in [4.78, 5) is 12.2. The predicted octanol–water partition coefficient (Wildman–Crippen LogP) is 2.99. The molecular weight excluding hydrogens is 284 g/mol. The van der Waals surface area contributed by atoms with Gasteiger partial charge in [-0.1, -0.05) is 54.1 Å². The first kappa shape index (κ1) is 15.5. The molecule has 0 heterocycles. The second-order valence-corrected chi connectivity index (χ2v) is 5.56. The fourth-order valence-corrected chi connectivity index (χ4v) is 2.38. The molecule has 0 aliphatic rings. The fourth-order valence-electron chi connectivity index (χ4n) is 2.20. The van der Waals surface area contributed by atoms with E-state index in [9.17, 15) is 4.79 Å². The molecule has 0 unspecified atom stereocenters. The molecule has 0 saturated carbocycles. The van der Waals surface area contributed by atoms with Gasteiger partial charge in [-0.15, -0.1) is 0 Å². The summed E-state index contributed by atoms with van der Waals surface area (Å²) in [5.74, 6) is -0.0501. The van der Waals surface area contributed by atoms with Gasteiger partial charge in [-0.3, -0.25) is 4.79 Å². The predicted molar refractivity (Wildman–Crippen MR) is 86.3 cm³/mol. The van der Waals surface area contributed by atoms with Gasteiger partial charge in [-0.2, -0.15) is 0 Å². The first-order chi connectivity index (χ1) is 10.1. The van der Waals surface area contributed by atoms with E-state index in [0.29, 0.717) is 10.7 Å². The summed E-state index contributed by atoms with van der Waals surface area (Å²) in [6, 6.07) is 17.4. The van der Waals surface area contributed by atoms with Crippen molar-refractivity contribution in [1.82, 2.24) is 0 Å². The highest BCUT2D eigenvalue weighted by molar-refractivity contribution is 6.33. The Hall–Kier alpha value is -1.84. The maximum atomic E-state index is 12.2. The minimum atomic E-state index is -0.198. The zero-order valence-electron chi connectivity index (χ0n) is 12.2. The van der Waals surface area contributed by atoms with Crippen molar-refractivity contribution < 1.29 is 10.1 Å². The fraction of sp³-hybridized carbons (Fsp3) is 0.235. The van der Waals surface area contributed by atoms with Crippen LogP contribution >= 0.6 is 11.6 Å². The topological polar surface area (TPSA) is 45.7 Å². The van der Waals surface area contributed by atoms with Gasteiger partial charge < -0.3 is 10.6 Å². The van der Waals surface area contributed by atoms with Crippen LogP contribution in [0.2, 0.25) is 5.02 Å². The third-order valence-corrected chi connectivity index (χ3v) is 3.78. The van der Waals surface area contributed by atoms with E-state index in [1.807, 2.05) is 42.6 Å². The average molecular weight is 304 g/mol. The van der Waals surface area contributed by atoms with Gasteiger partial charge in [0.25, 0.3) is 5.91 Å². The molecule has 1 amide bonds. The van der Waals surface area contributed by atoms with Crippen LogP contribution in [-0.2, 0) is 4.79 Å². The van der Waals surface area contributed by atoms with Crippen LogP contribution in [0, 0.1) is 0 Å². The molecule has 4 heteroatoms. The molecule has 110 valence electrons. The zero-order valence-corrected chi connectivity index (χ0v) is 13.0. The van der Waals surface area contributed by atoms with Gasteiger partial charge >= 0.3 is 0 Å². The number of carbonyl (C=O) groups excluding carboxylic acids is 1. The number of hydrogen-bond donors (Lipinski definition) is 2. The molecule has 0 aliphatic heterocycles. The molecular formula is C17H20ClN2O+. The first-order valence-corrected chi connectivity index (χ1v) is 7.41. The standard InChI is InChI=1S/C17H19ClN2O/c1-12(14-8-4-3-5-9-14)19-13(2)17(21)20-16-11-7-6-10-15(16)18/h3-13,19H,1-2H3,(H,20,21)/p+1/t12-,13+/m0/s1. The van der Waals surface area contributed by atoms with Gasteiger partial charge in [0.15, 0.2) is 6.04 Å². The lowest BCUT2D eigenvalue weighted by Gasteiger charge is -2.17. The Bertz CT molecular complexity index is 601. The molecule has 2 aromatic carbocycles. The van der Waals surface area contributed by atoms with Crippen LogP contribution in [-0.4, -0.2) is 11.9 Å². The van der Waals surface area contributed by atoms with E-state index in [1.165, 1.54) is 5.56 Å². The molecule has 2 aromatic rings. The number of para-hydroxylation sites is 1. The maximum absolute atomic E-state index is 12.2. The van der Waals surface area contributed by atoms with Crippen molar-refractivity contribution in [2.24, 2.45) is 0 Å². The lowest BCUT2D eigenvalue weighted by molar-refractivity contribution is -0.709. The normalized spacial score (nSPS) is 13.5. The number of carbonyl (C=O) groups is 1. The van der Waals surface area contributed by atoms with Crippen LogP contribution in [0.15, 0.2) is 54.6 Å². The second-order valence-electron chi connectivity index (χ2n) is 5.15. The number of rotatable bonds is 5. The zero-order chi connectivity index (χ0) is 15.2. The van der Waals surface area contributed by atoms with E-state index >= 15 is 0 Å². The number of halogens is 1. The summed E-state index contributed by atoms with van der Waals surface area (Å²) >= 11 is 6.05. The highest BCUT2D eigenvalue weighted by Gasteiger charge is 2.20. The van der Waals surface area contributed by atoms with E-state index in [1.54, 1.807) is 12.1 Å². The lowest BCUT2D eigenvalue weighted by atomic mass is 10.1. The van der Waals surface area contributed by atoms with Crippen molar-refractivity contribution >= 4 is 23.2 Å². The second kappa shape index (κ2) is 7.25. The quantitative estimate of drug-likeness (QED) is 0.876. The van der Waals surface area contributed by atoms with E-state index in [2.05, 4.69) is 24.4 Å². The van der Waals surface area contributed by atoms with E-state index in [0.717, 1.165) is 0 Å². The number of nitrogens with one attached hydrogen (secondary N) is 1. The van der Waals surface area contributed by atoms with Crippen LogP contribution in [0.3, 0.4) is 0 Å². The highest BCUT2D eigenvalue weighted by Crippen LogP contribution is 2.20. The third kappa shape index (κ3) is 4.31. The molecule has 0 radical (unpaired) electrons. The molecule has 3 N–H and O–H groups in total. The Morgan fingerprint density at radius 2 is 1.67 bits per heavy atom. The van der Waals surface area contributed by atoms with Gasteiger partial charge in [-0.05, 0) is 26.0 Å². The largest absolute Gasteiger partial charge is 0.330 e. The summed E-state index contributed by atoms with van der Waals surface area (Å²) in [6.07, 6.45) is 0. The molecule has 0 spiro atoms. The molecule has 0 aromatic heterocycles. The van der Waals surface area contributed by atoms with Crippen molar-refractivity contribution in [1.29, 1.82) is 0 Å². The summed E-state index contributed by atoms with van der Waals surface area (Å²) in [6.45, 7) is 3.99. The summed E-state index contributed by atoms with van der Waals surface area (Å²) in [7, 11) is 0. The molecule has 0 bridgehead atoms. The van der Waals surface area contributed by atoms with E-state index < -0.39 is 0 Å². The Kier molecular flexibility index (Phi) is 5.37. The van der Waals surface area contributed by atoms with Crippen LogP contribution in [0.1, 0.15) is 25.5 Å². The SMILES string of the molecule is C[C@H]([NH2+][C@H](C)C(=O)Nc1ccccc1Cl)c1ccccc1. The first-order valence-electron chi connectivity index (χ1n) is 7.03. The van der Waals surface area contributed by atoms with Gasteiger partial charge in [0.1, 0.15) is 6.04 Å². The van der Waals surface area contributed by atoms with E-state index in [4.69, 9.17) is 11.6 Å². The number of nitrogens with two attached hydrogens (primary N) is 1. The van der Waals surface area contributed by atoms with Crippen molar-refractivity contribution in [2.75, 3.05) is 5.32 Å². The third-order valence-electron chi connectivity index (χ3n) is 3.45. The molecule has 2 rings (SSSR count). The van der Waals surface area contributed by atoms with E-state index in [-0.39, 0.29) is 18.0 Å².